The van der Waals surface area contributed by atoms with E-state index in [2.05, 4.69) is 30.9 Å². The molecule has 156 valence electrons. The van der Waals surface area contributed by atoms with Crippen LogP contribution in [0.1, 0.15) is 5.56 Å². The highest BCUT2D eigenvalue weighted by Crippen LogP contribution is 2.35. The van der Waals surface area contributed by atoms with Gasteiger partial charge in [0.15, 0.2) is 0 Å². The number of rotatable bonds is 6. The fraction of sp³-hybridized carbons (Fsp3) is 0.0588. The zero-order valence-electron chi connectivity index (χ0n) is 14.7. The first-order valence-electron chi connectivity index (χ1n) is 7.98. The van der Waals surface area contributed by atoms with E-state index < -0.39 is 26.8 Å². The molecule has 1 N–H and O–H groups in total. The van der Waals surface area contributed by atoms with E-state index in [9.17, 15) is 18.3 Å². The molecule has 0 saturated carbocycles. The molecule has 0 bridgehead atoms. The van der Waals surface area contributed by atoms with Gasteiger partial charge in [-0.05, 0) is 34.1 Å². The average Bonchev–Trinajstić information content (AvgIpc) is 2.70. The van der Waals surface area contributed by atoms with Crippen LogP contribution in [0.15, 0.2) is 58.4 Å². The molecule has 0 saturated heterocycles. The number of hydrogen-bond donors (Lipinski definition) is 1. The Morgan fingerprint density at radius 3 is 2.63 bits per heavy atom. The summed E-state index contributed by atoms with van der Waals surface area (Å²) in [4.78, 5) is 23.3. The molecule has 2 heterocycles. The van der Waals surface area contributed by atoms with E-state index in [1.54, 1.807) is 18.3 Å². The Labute approximate surface area is 189 Å². The van der Waals surface area contributed by atoms with E-state index in [1.807, 2.05) is 0 Å². The number of benzene rings is 1. The molecular formula is C17H11BrCl2N4O5S. The number of nitrogens with zero attached hydrogens (tertiary/aromatic N) is 4. The van der Waals surface area contributed by atoms with Crippen molar-refractivity contribution in [2.75, 3.05) is 4.31 Å². The molecule has 0 unspecified atom stereocenters. The molecule has 3 aromatic rings. The normalized spacial score (nSPS) is 11.2. The highest BCUT2D eigenvalue weighted by atomic mass is 79.9. The van der Waals surface area contributed by atoms with Gasteiger partial charge in [0.25, 0.3) is 15.9 Å². The first-order chi connectivity index (χ1) is 14.2. The molecule has 0 aliphatic heterocycles. The zero-order valence-corrected chi connectivity index (χ0v) is 18.7. The number of carboxylic acid groups (broad SMARTS) is 1. The molecule has 30 heavy (non-hydrogen) atoms. The van der Waals surface area contributed by atoms with Crippen molar-refractivity contribution in [2.24, 2.45) is 0 Å². The Kier molecular flexibility index (Phi) is 6.76. The Morgan fingerprint density at radius 2 is 1.97 bits per heavy atom. The van der Waals surface area contributed by atoms with Gasteiger partial charge in [-0.25, -0.2) is 23.2 Å². The van der Waals surface area contributed by atoms with Gasteiger partial charge in [0, 0.05) is 18.0 Å². The van der Waals surface area contributed by atoms with Crippen molar-refractivity contribution < 1.29 is 23.1 Å². The predicted octanol–water partition coefficient (Wildman–Crippen LogP) is 4.39. The summed E-state index contributed by atoms with van der Waals surface area (Å²) in [7, 11) is -4.72. The minimum absolute atomic E-state index is 0.0303. The van der Waals surface area contributed by atoms with E-state index in [0.717, 1.165) is 12.3 Å². The van der Waals surface area contributed by atoms with Gasteiger partial charge in [0.2, 0.25) is 5.82 Å². The lowest BCUT2D eigenvalue weighted by Crippen LogP contribution is -2.37. The number of sulfonamides is 1. The van der Waals surface area contributed by atoms with Crippen LogP contribution < -0.4 is 9.04 Å². The third-order valence-electron chi connectivity index (χ3n) is 3.59. The number of hydrogen-bond acceptors (Lipinski definition) is 7. The number of amides is 1. The van der Waals surface area contributed by atoms with Gasteiger partial charge in [0.05, 0.1) is 16.2 Å². The van der Waals surface area contributed by atoms with Crippen LogP contribution in [0.25, 0.3) is 0 Å². The average molecular weight is 534 g/mol. The third-order valence-corrected chi connectivity index (χ3v) is 6.61. The maximum atomic E-state index is 13.1. The summed E-state index contributed by atoms with van der Waals surface area (Å²) in [6.07, 6.45) is 2.40. The van der Waals surface area contributed by atoms with Crippen molar-refractivity contribution in [1.82, 2.24) is 15.0 Å². The molecule has 0 fully saturated rings. The number of anilines is 1. The van der Waals surface area contributed by atoms with Crippen LogP contribution in [-0.2, 0) is 16.6 Å². The smallest absolute Gasteiger partial charge is 0.427 e. The Bertz CT molecular complexity index is 1200. The second kappa shape index (κ2) is 9.13. The summed E-state index contributed by atoms with van der Waals surface area (Å²) in [6, 6.07) is 7.23. The third kappa shape index (κ3) is 4.64. The molecule has 0 aliphatic carbocycles. The zero-order chi connectivity index (χ0) is 21.9. The molecular weight excluding hydrogens is 523 g/mol. The molecule has 0 aliphatic rings. The molecule has 1 amide bonds. The minimum Gasteiger partial charge on any atom is -0.470 e. The molecule has 9 nitrogen and oxygen atoms in total. The number of carbonyl (C=O) groups is 1. The minimum atomic E-state index is -4.72. The van der Waals surface area contributed by atoms with Crippen molar-refractivity contribution in [3.63, 3.8) is 0 Å². The van der Waals surface area contributed by atoms with Crippen molar-refractivity contribution in [1.29, 1.82) is 0 Å². The van der Waals surface area contributed by atoms with Crippen molar-refractivity contribution in [3.8, 4) is 5.88 Å². The summed E-state index contributed by atoms with van der Waals surface area (Å²) < 4.78 is 32.0. The Morgan fingerprint density at radius 1 is 1.20 bits per heavy atom. The van der Waals surface area contributed by atoms with Crippen molar-refractivity contribution in [3.05, 3.63) is 69.1 Å². The van der Waals surface area contributed by atoms with Gasteiger partial charge >= 0.3 is 6.09 Å². The number of ether oxygens (including phenoxy) is 1. The lowest BCUT2D eigenvalue weighted by atomic mass is 10.3. The van der Waals surface area contributed by atoms with Crippen molar-refractivity contribution >= 4 is 61.1 Å². The van der Waals surface area contributed by atoms with Gasteiger partial charge < -0.3 is 9.84 Å². The first-order valence-corrected chi connectivity index (χ1v) is 11.0. The lowest BCUT2D eigenvalue weighted by molar-refractivity contribution is 0.205. The van der Waals surface area contributed by atoms with Crippen molar-refractivity contribution in [2.45, 2.75) is 11.5 Å². The van der Waals surface area contributed by atoms with E-state index in [0.29, 0.717) is 5.56 Å². The summed E-state index contributed by atoms with van der Waals surface area (Å²) in [5, 5.41) is 9.31. The predicted molar refractivity (Wildman–Crippen MR) is 112 cm³/mol. The van der Waals surface area contributed by atoms with Crippen LogP contribution in [0.5, 0.6) is 5.88 Å². The fourth-order valence-electron chi connectivity index (χ4n) is 2.31. The summed E-state index contributed by atoms with van der Waals surface area (Å²) in [5.74, 6) is -0.900. The topological polar surface area (TPSA) is 123 Å². The van der Waals surface area contributed by atoms with E-state index in [1.165, 1.54) is 18.3 Å². The van der Waals surface area contributed by atoms with Gasteiger partial charge in [-0.2, -0.15) is 0 Å². The number of halogens is 3. The molecule has 1 aromatic carbocycles. The van der Waals surface area contributed by atoms with Gasteiger partial charge in [-0.15, -0.1) is 4.31 Å². The molecule has 2 aromatic heterocycles. The summed E-state index contributed by atoms with van der Waals surface area (Å²) in [5.41, 5.74) is 0.646. The van der Waals surface area contributed by atoms with Crippen LogP contribution in [0.4, 0.5) is 10.6 Å². The van der Waals surface area contributed by atoms with E-state index >= 15 is 0 Å². The van der Waals surface area contributed by atoms with Crippen LogP contribution in [0, 0.1) is 0 Å². The van der Waals surface area contributed by atoms with E-state index in [-0.39, 0.29) is 31.4 Å². The van der Waals surface area contributed by atoms with Crippen LogP contribution in [-0.4, -0.2) is 34.6 Å². The molecule has 13 heteroatoms. The van der Waals surface area contributed by atoms with Crippen LogP contribution in [0.2, 0.25) is 10.0 Å². The van der Waals surface area contributed by atoms with E-state index in [4.69, 9.17) is 27.9 Å². The largest absolute Gasteiger partial charge is 0.470 e. The van der Waals surface area contributed by atoms with Gasteiger partial charge in [0.1, 0.15) is 16.1 Å². The Balaban J connectivity index is 2.08. The molecule has 3 rings (SSSR count). The SMILES string of the molecule is O=C(O)N(c1ncc(Br)nc1OCc1cccnc1)S(=O)(=O)c1cccc(Cl)c1Cl. The second-order valence-electron chi connectivity index (χ2n) is 5.58. The first kappa shape index (κ1) is 22.2. The fourth-order valence-corrected chi connectivity index (χ4v) is 4.56. The highest BCUT2D eigenvalue weighted by Gasteiger charge is 2.37. The maximum absolute atomic E-state index is 13.1. The standard InChI is InChI=1S/C17H11BrCl2N4O5S/c18-13-8-22-15(16(23-13)29-9-10-3-2-6-21-7-10)24(17(25)26)30(27,28)12-5-1-4-11(19)14(12)20/h1-8H,9H2,(H,25,26). The van der Waals surface area contributed by atoms with Crippen LogP contribution in [0.3, 0.4) is 0 Å². The maximum Gasteiger partial charge on any atom is 0.427 e. The van der Waals surface area contributed by atoms with Gasteiger partial charge in [-0.1, -0.05) is 35.3 Å². The lowest BCUT2D eigenvalue weighted by Gasteiger charge is -2.21. The summed E-state index contributed by atoms with van der Waals surface area (Å²) in [6.45, 7) is -0.0581. The number of pyridine rings is 1. The molecule has 0 spiro atoms. The van der Waals surface area contributed by atoms with Crippen LogP contribution >= 0.6 is 39.1 Å². The Hall–Kier alpha value is -2.47. The monoisotopic (exact) mass is 532 g/mol. The summed E-state index contributed by atoms with van der Waals surface area (Å²) >= 11 is 15.0. The number of aromatic nitrogens is 3. The van der Waals surface area contributed by atoms with Gasteiger partial charge in [-0.3, -0.25) is 4.98 Å². The highest BCUT2D eigenvalue weighted by molar-refractivity contribution is 9.10. The molecule has 0 radical (unpaired) electrons. The second-order valence-corrected chi connectivity index (χ2v) is 8.93. The molecule has 0 atom stereocenters. The quantitative estimate of drug-likeness (QED) is 0.494.